The Kier molecular flexibility index (Phi) is 4.82. The van der Waals surface area contributed by atoms with Gasteiger partial charge in [-0.15, -0.1) is 0 Å². The van der Waals surface area contributed by atoms with Crippen LogP contribution in [0.3, 0.4) is 0 Å². The Labute approximate surface area is 92.9 Å². The van der Waals surface area contributed by atoms with Gasteiger partial charge in [0.25, 0.3) is 0 Å². The fourth-order valence-electron chi connectivity index (χ4n) is 1.82. The van der Waals surface area contributed by atoms with E-state index in [0.29, 0.717) is 0 Å². The molecule has 3 nitrogen and oxygen atoms in total. The summed E-state index contributed by atoms with van der Waals surface area (Å²) in [6.07, 6.45) is 3.62. The van der Waals surface area contributed by atoms with Crippen molar-refractivity contribution < 1.29 is 0 Å². The molecule has 0 saturated carbocycles. The third-order valence-electron chi connectivity index (χ3n) is 2.92. The average Bonchev–Trinajstić information content (AvgIpc) is 2.44. The first-order valence-corrected chi connectivity index (χ1v) is 5.86. The van der Waals surface area contributed by atoms with Gasteiger partial charge < -0.3 is 5.32 Å². The second-order valence-electron chi connectivity index (χ2n) is 4.13. The summed E-state index contributed by atoms with van der Waals surface area (Å²) in [7, 11) is 2.01. The Morgan fingerprint density at radius 2 is 2.00 bits per heavy atom. The highest BCUT2D eigenvalue weighted by Crippen LogP contribution is 2.11. The van der Waals surface area contributed by atoms with Gasteiger partial charge in [0, 0.05) is 12.7 Å². The predicted octanol–water partition coefficient (Wildman–Crippen LogP) is 1.97. The van der Waals surface area contributed by atoms with E-state index in [0.717, 1.165) is 19.5 Å². The zero-order valence-corrected chi connectivity index (χ0v) is 10.4. The number of unbranched alkanes of at least 4 members (excludes halogenated alkanes) is 1. The van der Waals surface area contributed by atoms with Crippen molar-refractivity contribution in [2.24, 2.45) is 7.05 Å². The molecule has 3 heteroatoms. The second-order valence-corrected chi connectivity index (χ2v) is 4.13. The van der Waals surface area contributed by atoms with E-state index in [1.165, 1.54) is 29.8 Å². The molecule has 0 radical (unpaired) electrons. The number of rotatable bonds is 6. The van der Waals surface area contributed by atoms with E-state index in [1.807, 2.05) is 11.7 Å². The molecule has 1 aromatic heterocycles. The van der Waals surface area contributed by atoms with E-state index in [-0.39, 0.29) is 0 Å². The molecule has 0 aliphatic heterocycles. The SMILES string of the molecule is CCCCNCCc1c(C)nn(C)c1C. The molecule has 0 fully saturated rings. The minimum atomic E-state index is 1.06. The number of aryl methyl sites for hydroxylation is 2. The summed E-state index contributed by atoms with van der Waals surface area (Å²) in [5.74, 6) is 0. The second kappa shape index (κ2) is 5.91. The highest BCUT2D eigenvalue weighted by molar-refractivity contribution is 5.24. The van der Waals surface area contributed by atoms with Gasteiger partial charge in [0.1, 0.15) is 0 Å². The van der Waals surface area contributed by atoms with E-state index in [2.05, 4.69) is 31.2 Å². The van der Waals surface area contributed by atoms with Gasteiger partial charge in [-0.25, -0.2) is 0 Å². The molecule has 0 amide bonds. The van der Waals surface area contributed by atoms with Gasteiger partial charge in [0.2, 0.25) is 0 Å². The van der Waals surface area contributed by atoms with Crippen LogP contribution < -0.4 is 5.32 Å². The zero-order valence-electron chi connectivity index (χ0n) is 10.4. The minimum Gasteiger partial charge on any atom is -0.316 e. The molecule has 0 spiro atoms. The molecule has 15 heavy (non-hydrogen) atoms. The van der Waals surface area contributed by atoms with Crippen LogP contribution in [-0.2, 0) is 13.5 Å². The molecule has 1 aromatic rings. The van der Waals surface area contributed by atoms with Crippen LogP contribution in [0, 0.1) is 13.8 Å². The Balaban J connectivity index is 2.37. The van der Waals surface area contributed by atoms with Crippen LogP contribution in [0.25, 0.3) is 0 Å². The molecule has 1 rings (SSSR count). The fraction of sp³-hybridized carbons (Fsp3) is 0.750. The van der Waals surface area contributed by atoms with E-state index >= 15 is 0 Å². The number of nitrogens with one attached hydrogen (secondary N) is 1. The summed E-state index contributed by atoms with van der Waals surface area (Å²) in [6.45, 7) is 8.65. The molecule has 0 atom stereocenters. The van der Waals surface area contributed by atoms with Crippen LogP contribution in [0.4, 0.5) is 0 Å². The van der Waals surface area contributed by atoms with Crippen molar-refractivity contribution in [3.63, 3.8) is 0 Å². The topological polar surface area (TPSA) is 29.9 Å². The largest absolute Gasteiger partial charge is 0.316 e. The maximum atomic E-state index is 4.41. The Morgan fingerprint density at radius 3 is 2.53 bits per heavy atom. The number of aromatic nitrogens is 2. The maximum absolute atomic E-state index is 4.41. The summed E-state index contributed by atoms with van der Waals surface area (Å²) in [5, 5.41) is 7.88. The van der Waals surface area contributed by atoms with E-state index in [9.17, 15) is 0 Å². The molecule has 0 aliphatic rings. The molecule has 0 unspecified atom stereocenters. The molecule has 0 saturated heterocycles. The van der Waals surface area contributed by atoms with Crippen molar-refractivity contribution in [3.8, 4) is 0 Å². The Bertz CT molecular complexity index is 302. The van der Waals surface area contributed by atoms with Gasteiger partial charge in [-0.05, 0) is 45.3 Å². The lowest BCUT2D eigenvalue weighted by Gasteiger charge is -2.04. The van der Waals surface area contributed by atoms with Crippen LogP contribution in [0.1, 0.15) is 36.7 Å². The van der Waals surface area contributed by atoms with E-state index < -0.39 is 0 Å². The van der Waals surface area contributed by atoms with Gasteiger partial charge >= 0.3 is 0 Å². The van der Waals surface area contributed by atoms with Crippen molar-refractivity contribution in [1.29, 1.82) is 0 Å². The molecular weight excluding hydrogens is 186 g/mol. The van der Waals surface area contributed by atoms with Crippen LogP contribution in [0.2, 0.25) is 0 Å². The highest BCUT2D eigenvalue weighted by atomic mass is 15.3. The van der Waals surface area contributed by atoms with E-state index in [1.54, 1.807) is 0 Å². The predicted molar refractivity (Wildman–Crippen MR) is 64.2 cm³/mol. The maximum Gasteiger partial charge on any atom is 0.0628 e. The molecule has 0 aliphatic carbocycles. The zero-order chi connectivity index (χ0) is 11.3. The number of hydrogen-bond donors (Lipinski definition) is 1. The van der Waals surface area contributed by atoms with Crippen molar-refractivity contribution in [3.05, 3.63) is 17.0 Å². The molecule has 1 N–H and O–H groups in total. The van der Waals surface area contributed by atoms with Crippen molar-refractivity contribution in [2.75, 3.05) is 13.1 Å². The standard InChI is InChI=1S/C12H23N3/c1-5-6-8-13-9-7-12-10(2)14-15(4)11(12)3/h13H,5-9H2,1-4H3. The van der Waals surface area contributed by atoms with Gasteiger partial charge in [0.15, 0.2) is 0 Å². The molecule has 0 aromatic carbocycles. The van der Waals surface area contributed by atoms with Crippen LogP contribution in [0.5, 0.6) is 0 Å². The summed E-state index contributed by atoms with van der Waals surface area (Å²) < 4.78 is 1.97. The highest BCUT2D eigenvalue weighted by Gasteiger charge is 2.07. The lowest BCUT2D eigenvalue weighted by Crippen LogP contribution is -2.18. The first-order chi connectivity index (χ1) is 7.16. The van der Waals surface area contributed by atoms with Crippen LogP contribution in [0.15, 0.2) is 0 Å². The fourth-order valence-corrected chi connectivity index (χ4v) is 1.82. The smallest absolute Gasteiger partial charge is 0.0628 e. The quantitative estimate of drug-likeness (QED) is 0.726. The average molecular weight is 209 g/mol. The normalized spacial score (nSPS) is 10.9. The van der Waals surface area contributed by atoms with Crippen molar-refractivity contribution >= 4 is 0 Å². The minimum absolute atomic E-state index is 1.06. The molecule has 86 valence electrons. The molecule has 1 heterocycles. The van der Waals surface area contributed by atoms with Gasteiger partial charge in [-0.1, -0.05) is 13.3 Å². The van der Waals surface area contributed by atoms with Gasteiger partial charge in [-0.2, -0.15) is 5.10 Å². The third kappa shape index (κ3) is 3.34. The van der Waals surface area contributed by atoms with E-state index in [4.69, 9.17) is 0 Å². The van der Waals surface area contributed by atoms with Crippen LogP contribution in [-0.4, -0.2) is 22.9 Å². The van der Waals surface area contributed by atoms with Crippen molar-refractivity contribution in [1.82, 2.24) is 15.1 Å². The molecule has 0 bridgehead atoms. The lowest BCUT2D eigenvalue weighted by molar-refractivity contribution is 0.638. The van der Waals surface area contributed by atoms with Crippen molar-refractivity contribution in [2.45, 2.75) is 40.0 Å². The Hall–Kier alpha value is -0.830. The number of hydrogen-bond acceptors (Lipinski definition) is 2. The molecular formula is C12H23N3. The Morgan fingerprint density at radius 1 is 1.27 bits per heavy atom. The van der Waals surface area contributed by atoms with Gasteiger partial charge in [-0.3, -0.25) is 4.68 Å². The van der Waals surface area contributed by atoms with Gasteiger partial charge in [0.05, 0.1) is 5.69 Å². The summed E-state index contributed by atoms with van der Waals surface area (Å²) >= 11 is 0. The monoisotopic (exact) mass is 209 g/mol. The third-order valence-corrected chi connectivity index (χ3v) is 2.92. The number of nitrogens with zero attached hydrogens (tertiary/aromatic N) is 2. The summed E-state index contributed by atoms with van der Waals surface area (Å²) in [5.41, 5.74) is 3.87. The lowest BCUT2D eigenvalue weighted by atomic mass is 10.1. The first-order valence-electron chi connectivity index (χ1n) is 5.86. The van der Waals surface area contributed by atoms with Crippen LogP contribution >= 0.6 is 0 Å². The summed E-state index contributed by atoms with van der Waals surface area (Å²) in [6, 6.07) is 0. The first kappa shape index (κ1) is 12.2. The summed E-state index contributed by atoms with van der Waals surface area (Å²) in [4.78, 5) is 0.